The zero-order chi connectivity index (χ0) is 13.9. The Balaban J connectivity index is 2.07. The molecule has 2 aliphatic heterocycles. The first-order valence-corrected chi connectivity index (χ1v) is 8.22. The van der Waals surface area contributed by atoms with E-state index in [1.807, 2.05) is 7.05 Å². The zero-order valence-corrected chi connectivity index (χ0v) is 12.1. The summed E-state index contributed by atoms with van der Waals surface area (Å²) in [5, 5.41) is 8.94. The molecule has 0 aromatic heterocycles. The van der Waals surface area contributed by atoms with Gasteiger partial charge in [-0.2, -0.15) is 9.98 Å². The number of nitriles is 1. The lowest BCUT2D eigenvalue weighted by molar-refractivity contribution is 0.0978. The van der Waals surface area contributed by atoms with Crippen LogP contribution in [0.5, 0.6) is 0 Å². The highest BCUT2D eigenvalue weighted by Gasteiger charge is 2.40. The molecule has 1 N–H and O–H groups in total. The quantitative estimate of drug-likeness (QED) is 0.794. The second kappa shape index (κ2) is 5.75. The molecule has 0 bridgehead atoms. The molecule has 0 aromatic carbocycles. The van der Waals surface area contributed by atoms with E-state index in [1.165, 1.54) is 0 Å². The molecule has 7 heteroatoms. The number of hydrogen-bond acceptors (Lipinski definition) is 5. The molecule has 6 nitrogen and oxygen atoms in total. The Hall–Kier alpha value is -0.680. The van der Waals surface area contributed by atoms with Gasteiger partial charge in [0.15, 0.2) is 0 Å². The summed E-state index contributed by atoms with van der Waals surface area (Å²) in [6.07, 6.45) is 2.11. The summed E-state index contributed by atoms with van der Waals surface area (Å²) in [6, 6.07) is 2.18. The van der Waals surface area contributed by atoms with Gasteiger partial charge < -0.3 is 9.64 Å². The molecular formula is C12H21N3O3S. The smallest absolute Gasteiger partial charge is 0.216 e. The average molecular weight is 287 g/mol. The van der Waals surface area contributed by atoms with Crippen molar-refractivity contribution in [2.75, 3.05) is 33.4 Å². The zero-order valence-electron chi connectivity index (χ0n) is 11.3. The highest BCUT2D eigenvalue weighted by molar-refractivity contribution is 7.90. The van der Waals surface area contributed by atoms with Crippen LogP contribution in [0, 0.1) is 11.3 Å². The maximum absolute atomic E-state index is 12.4. The SMILES string of the molecule is CN1CCC(C#N)(NS(=O)(=O)C2CCOCC2)CC1. The molecule has 2 saturated heterocycles. The predicted molar refractivity (Wildman–Crippen MR) is 71.0 cm³/mol. The summed E-state index contributed by atoms with van der Waals surface area (Å²) < 4.78 is 32.6. The van der Waals surface area contributed by atoms with Crippen LogP contribution in [0.3, 0.4) is 0 Å². The van der Waals surface area contributed by atoms with Crippen LogP contribution < -0.4 is 4.72 Å². The fourth-order valence-corrected chi connectivity index (χ4v) is 4.35. The lowest BCUT2D eigenvalue weighted by Gasteiger charge is -2.37. The van der Waals surface area contributed by atoms with E-state index in [4.69, 9.17) is 4.74 Å². The van der Waals surface area contributed by atoms with E-state index in [0.29, 0.717) is 38.9 Å². The molecule has 2 aliphatic rings. The number of rotatable bonds is 3. The molecule has 0 atom stereocenters. The maximum Gasteiger partial charge on any atom is 0.216 e. The summed E-state index contributed by atoms with van der Waals surface area (Å²) >= 11 is 0. The van der Waals surface area contributed by atoms with Crippen LogP contribution in [0.25, 0.3) is 0 Å². The van der Waals surface area contributed by atoms with Gasteiger partial charge in [0.05, 0.1) is 11.3 Å². The van der Waals surface area contributed by atoms with E-state index in [1.54, 1.807) is 0 Å². The van der Waals surface area contributed by atoms with Crippen molar-refractivity contribution in [3.8, 4) is 6.07 Å². The molecule has 2 fully saturated rings. The summed E-state index contributed by atoms with van der Waals surface area (Å²) in [5.74, 6) is 0. The van der Waals surface area contributed by atoms with Gasteiger partial charge >= 0.3 is 0 Å². The van der Waals surface area contributed by atoms with Crippen LogP contribution >= 0.6 is 0 Å². The fraction of sp³-hybridized carbons (Fsp3) is 0.917. The summed E-state index contributed by atoms with van der Waals surface area (Å²) in [7, 11) is -1.46. The van der Waals surface area contributed by atoms with Gasteiger partial charge in [-0.3, -0.25) is 0 Å². The van der Waals surface area contributed by atoms with Crippen molar-refractivity contribution < 1.29 is 13.2 Å². The molecule has 0 amide bonds. The van der Waals surface area contributed by atoms with Gasteiger partial charge in [0.1, 0.15) is 5.54 Å². The van der Waals surface area contributed by atoms with E-state index >= 15 is 0 Å². The Labute approximate surface area is 114 Å². The topological polar surface area (TPSA) is 82.4 Å². The van der Waals surface area contributed by atoms with Crippen molar-refractivity contribution in [2.24, 2.45) is 0 Å². The number of likely N-dealkylation sites (tertiary alicyclic amines) is 1. The third-order valence-electron chi connectivity index (χ3n) is 4.00. The summed E-state index contributed by atoms with van der Waals surface area (Å²) in [5.41, 5.74) is -0.927. The molecular weight excluding hydrogens is 266 g/mol. The van der Waals surface area contributed by atoms with Crippen molar-refractivity contribution in [1.82, 2.24) is 9.62 Å². The number of nitrogens with one attached hydrogen (secondary N) is 1. The average Bonchev–Trinajstić information content (AvgIpc) is 2.42. The Kier molecular flexibility index (Phi) is 4.46. The van der Waals surface area contributed by atoms with Crippen molar-refractivity contribution in [3.63, 3.8) is 0 Å². The van der Waals surface area contributed by atoms with Crippen LogP contribution in [0.4, 0.5) is 0 Å². The molecule has 2 heterocycles. The van der Waals surface area contributed by atoms with E-state index in [2.05, 4.69) is 15.7 Å². The summed E-state index contributed by atoms with van der Waals surface area (Å²) in [6.45, 7) is 2.44. The van der Waals surface area contributed by atoms with Crippen molar-refractivity contribution in [2.45, 2.75) is 36.5 Å². The minimum absolute atomic E-state index is 0.425. The van der Waals surface area contributed by atoms with Gasteiger partial charge in [-0.15, -0.1) is 0 Å². The van der Waals surface area contributed by atoms with E-state index in [-0.39, 0.29) is 0 Å². The molecule has 0 spiro atoms. The number of hydrogen-bond donors (Lipinski definition) is 1. The van der Waals surface area contributed by atoms with Crippen LogP contribution in [0.1, 0.15) is 25.7 Å². The number of nitrogens with zero attached hydrogens (tertiary/aromatic N) is 2. The van der Waals surface area contributed by atoms with Crippen LogP contribution in [-0.2, 0) is 14.8 Å². The Bertz CT molecular complexity index is 443. The second-order valence-corrected chi connectivity index (χ2v) is 7.42. The van der Waals surface area contributed by atoms with Crippen LogP contribution in [0.15, 0.2) is 0 Å². The first-order valence-electron chi connectivity index (χ1n) is 6.68. The maximum atomic E-state index is 12.4. The molecule has 0 saturated carbocycles. The lowest BCUT2D eigenvalue weighted by Crippen LogP contribution is -2.56. The monoisotopic (exact) mass is 287 g/mol. The van der Waals surface area contributed by atoms with Crippen molar-refractivity contribution in [3.05, 3.63) is 0 Å². The molecule has 108 valence electrons. The minimum Gasteiger partial charge on any atom is -0.381 e. The van der Waals surface area contributed by atoms with E-state index < -0.39 is 20.8 Å². The molecule has 0 radical (unpaired) electrons. The highest BCUT2D eigenvalue weighted by Crippen LogP contribution is 2.24. The van der Waals surface area contributed by atoms with Crippen LogP contribution in [-0.4, -0.2) is 57.5 Å². The number of sulfonamides is 1. The van der Waals surface area contributed by atoms with Crippen LogP contribution in [0.2, 0.25) is 0 Å². The fourth-order valence-electron chi connectivity index (χ4n) is 2.58. The molecule has 0 aromatic rings. The largest absolute Gasteiger partial charge is 0.381 e. The highest BCUT2D eigenvalue weighted by atomic mass is 32.2. The summed E-state index contributed by atoms with van der Waals surface area (Å²) in [4.78, 5) is 2.11. The van der Waals surface area contributed by atoms with Crippen molar-refractivity contribution in [1.29, 1.82) is 5.26 Å². The Morgan fingerprint density at radius 2 is 1.89 bits per heavy atom. The lowest BCUT2D eigenvalue weighted by atomic mass is 9.91. The van der Waals surface area contributed by atoms with E-state index in [9.17, 15) is 13.7 Å². The molecule has 19 heavy (non-hydrogen) atoms. The Morgan fingerprint density at radius 3 is 2.42 bits per heavy atom. The van der Waals surface area contributed by atoms with Gasteiger partial charge in [0.2, 0.25) is 10.0 Å². The predicted octanol–water partition coefficient (Wildman–Crippen LogP) is 0.0728. The third kappa shape index (κ3) is 3.45. The van der Waals surface area contributed by atoms with E-state index in [0.717, 1.165) is 13.1 Å². The normalized spacial score (nSPS) is 25.9. The van der Waals surface area contributed by atoms with Gasteiger partial charge in [0.25, 0.3) is 0 Å². The molecule has 0 aliphatic carbocycles. The van der Waals surface area contributed by atoms with Gasteiger partial charge in [-0.05, 0) is 32.7 Å². The first kappa shape index (κ1) is 14.7. The molecule has 0 unspecified atom stereocenters. The van der Waals surface area contributed by atoms with Gasteiger partial charge in [-0.25, -0.2) is 8.42 Å². The third-order valence-corrected chi connectivity index (χ3v) is 6.02. The Morgan fingerprint density at radius 1 is 1.32 bits per heavy atom. The van der Waals surface area contributed by atoms with Gasteiger partial charge in [-0.1, -0.05) is 0 Å². The number of ether oxygens (including phenoxy) is 1. The number of piperidine rings is 1. The second-order valence-electron chi connectivity index (χ2n) is 5.46. The van der Waals surface area contributed by atoms with Crippen molar-refractivity contribution >= 4 is 10.0 Å². The first-order chi connectivity index (χ1) is 8.97. The molecule has 2 rings (SSSR count). The standard InChI is InChI=1S/C12H21N3O3S/c1-15-6-4-12(10-13,5-7-15)14-19(16,17)11-2-8-18-9-3-11/h11,14H,2-9H2,1H3. The minimum atomic E-state index is -3.44. The van der Waals surface area contributed by atoms with Gasteiger partial charge in [0, 0.05) is 26.3 Å².